The molecule has 14 heteroatoms. The zero-order valence-electron chi connectivity index (χ0n) is 25.2. The fourth-order valence-electron chi connectivity index (χ4n) is 4.67. The standard InChI is InChI=1S/C32H31IN4O9/c1-4-42-31(39)29-18(2)35-32(40)36-30(29)21-7-10-24(26(13-21)41-3)44-16-28(38)37-34-14-19-5-8-23(22(33)11-19)43-15-20-6-9-25-27(12-20)46-17-45-25/h5-14,30H,4,15-17H2,1-3H3,(H,37,38)(H2,35,36,40)/b34-14-/t30-/m1/s1. The molecule has 2 aliphatic heterocycles. The largest absolute Gasteiger partial charge is 0.493 e. The van der Waals surface area contributed by atoms with Gasteiger partial charge in [-0.05, 0) is 95.6 Å². The average Bonchev–Trinajstić information content (AvgIpc) is 3.51. The molecule has 2 aliphatic rings. The molecule has 0 unspecified atom stereocenters. The van der Waals surface area contributed by atoms with Crippen molar-refractivity contribution in [3.8, 4) is 28.7 Å². The number of rotatable bonds is 12. The molecule has 13 nitrogen and oxygen atoms in total. The zero-order valence-corrected chi connectivity index (χ0v) is 27.3. The van der Waals surface area contributed by atoms with Crippen molar-refractivity contribution in [1.29, 1.82) is 0 Å². The minimum absolute atomic E-state index is 0.184. The van der Waals surface area contributed by atoms with Crippen LogP contribution in [0.25, 0.3) is 0 Å². The molecule has 0 saturated heterocycles. The highest BCUT2D eigenvalue weighted by molar-refractivity contribution is 14.1. The second kappa shape index (κ2) is 14.9. The van der Waals surface area contributed by atoms with Crippen LogP contribution in [0.15, 0.2) is 71.0 Å². The van der Waals surface area contributed by atoms with Crippen LogP contribution in [0, 0.1) is 3.57 Å². The van der Waals surface area contributed by atoms with Gasteiger partial charge in [0.1, 0.15) is 12.4 Å². The van der Waals surface area contributed by atoms with Crippen LogP contribution >= 0.6 is 22.6 Å². The lowest BCUT2D eigenvalue weighted by atomic mass is 9.95. The van der Waals surface area contributed by atoms with E-state index in [2.05, 4.69) is 43.8 Å². The number of urea groups is 1. The molecule has 0 fully saturated rings. The van der Waals surface area contributed by atoms with E-state index in [1.54, 1.807) is 32.0 Å². The number of amides is 3. The van der Waals surface area contributed by atoms with Crippen molar-refractivity contribution in [3.63, 3.8) is 0 Å². The average molecular weight is 743 g/mol. The number of nitrogens with one attached hydrogen (secondary N) is 3. The van der Waals surface area contributed by atoms with Crippen LogP contribution in [0.1, 0.15) is 36.6 Å². The van der Waals surface area contributed by atoms with Crippen molar-refractivity contribution < 1.29 is 42.8 Å². The number of benzene rings is 3. The van der Waals surface area contributed by atoms with Crippen LogP contribution in [-0.4, -0.2) is 51.2 Å². The Bertz CT molecular complexity index is 1710. The summed E-state index contributed by atoms with van der Waals surface area (Å²) in [6, 6.07) is 14.9. The van der Waals surface area contributed by atoms with Gasteiger partial charge in [0.15, 0.2) is 29.6 Å². The van der Waals surface area contributed by atoms with E-state index in [4.69, 9.17) is 28.4 Å². The van der Waals surface area contributed by atoms with E-state index in [0.29, 0.717) is 35.1 Å². The van der Waals surface area contributed by atoms with E-state index in [1.807, 2.05) is 36.4 Å². The van der Waals surface area contributed by atoms with Gasteiger partial charge in [0.05, 0.1) is 35.1 Å². The molecule has 0 bridgehead atoms. The molecule has 2 heterocycles. The monoisotopic (exact) mass is 742 g/mol. The number of carbonyl (C=O) groups is 3. The van der Waals surface area contributed by atoms with Gasteiger partial charge in [-0.3, -0.25) is 4.79 Å². The number of ether oxygens (including phenoxy) is 6. The normalized spacial score (nSPS) is 15.2. The molecule has 3 aromatic carbocycles. The smallest absolute Gasteiger partial charge is 0.338 e. The summed E-state index contributed by atoms with van der Waals surface area (Å²) in [6.45, 7) is 3.76. The molecule has 46 heavy (non-hydrogen) atoms. The quantitative estimate of drug-likeness (QED) is 0.107. The van der Waals surface area contributed by atoms with Gasteiger partial charge in [-0.25, -0.2) is 15.0 Å². The zero-order chi connectivity index (χ0) is 32.6. The van der Waals surface area contributed by atoms with Crippen LogP contribution in [0.2, 0.25) is 0 Å². The Kier molecular flexibility index (Phi) is 10.5. The molecule has 0 aliphatic carbocycles. The van der Waals surface area contributed by atoms with E-state index in [9.17, 15) is 14.4 Å². The second-order valence-corrected chi connectivity index (χ2v) is 11.1. The molecule has 0 spiro atoms. The van der Waals surface area contributed by atoms with Crippen molar-refractivity contribution >= 4 is 46.7 Å². The lowest BCUT2D eigenvalue weighted by Gasteiger charge is -2.28. The van der Waals surface area contributed by atoms with Crippen molar-refractivity contribution in [2.45, 2.75) is 26.5 Å². The molecular weight excluding hydrogens is 711 g/mol. The van der Waals surface area contributed by atoms with Crippen LogP contribution in [0.5, 0.6) is 28.7 Å². The summed E-state index contributed by atoms with van der Waals surface area (Å²) < 4.78 is 33.9. The Morgan fingerprint density at radius 1 is 1.04 bits per heavy atom. The van der Waals surface area contributed by atoms with Gasteiger partial charge in [0.2, 0.25) is 6.79 Å². The number of methoxy groups -OCH3 is 1. The topological polar surface area (TPSA) is 155 Å². The third-order valence-corrected chi connectivity index (χ3v) is 7.68. The van der Waals surface area contributed by atoms with Gasteiger partial charge >= 0.3 is 12.0 Å². The number of halogens is 1. The van der Waals surface area contributed by atoms with E-state index in [0.717, 1.165) is 20.4 Å². The summed E-state index contributed by atoms with van der Waals surface area (Å²) in [4.78, 5) is 37.2. The number of nitrogens with zero attached hydrogens (tertiary/aromatic N) is 1. The van der Waals surface area contributed by atoms with E-state index < -0.39 is 23.9 Å². The highest BCUT2D eigenvalue weighted by atomic mass is 127. The SMILES string of the molecule is CCOC(=O)C1=C(C)NC(=O)N[C@@H]1c1ccc(OCC(=O)N/N=C\c2ccc(OCc3ccc4c(c3)OCO4)c(I)c2)c(OC)c1. The summed E-state index contributed by atoms with van der Waals surface area (Å²) in [6.07, 6.45) is 1.51. The lowest BCUT2D eigenvalue weighted by molar-refractivity contribution is -0.139. The molecule has 0 radical (unpaired) electrons. The number of hydrogen-bond donors (Lipinski definition) is 3. The molecule has 0 aromatic heterocycles. The molecular formula is C32H31IN4O9. The first-order valence-corrected chi connectivity index (χ1v) is 15.2. The minimum Gasteiger partial charge on any atom is -0.493 e. The molecule has 3 aromatic rings. The first kappa shape index (κ1) is 32.4. The molecule has 5 rings (SSSR count). The molecule has 3 amide bonds. The summed E-state index contributed by atoms with van der Waals surface area (Å²) >= 11 is 2.18. The Hall–Kier alpha value is -4.99. The van der Waals surface area contributed by atoms with Gasteiger partial charge in [0, 0.05) is 5.70 Å². The van der Waals surface area contributed by atoms with Crippen molar-refractivity contribution in [1.82, 2.24) is 16.1 Å². The Morgan fingerprint density at radius 2 is 1.85 bits per heavy atom. The van der Waals surface area contributed by atoms with Gasteiger partial charge in [0.25, 0.3) is 5.91 Å². The predicted octanol–water partition coefficient (Wildman–Crippen LogP) is 4.33. The summed E-state index contributed by atoms with van der Waals surface area (Å²) in [5.74, 6) is 1.68. The van der Waals surface area contributed by atoms with Crippen LogP contribution in [0.3, 0.4) is 0 Å². The maximum absolute atomic E-state index is 12.6. The highest BCUT2D eigenvalue weighted by Crippen LogP contribution is 2.35. The number of hydrazone groups is 1. The van der Waals surface area contributed by atoms with Crippen molar-refractivity contribution in [2.24, 2.45) is 5.10 Å². The number of esters is 1. The van der Waals surface area contributed by atoms with Gasteiger partial charge < -0.3 is 39.1 Å². The van der Waals surface area contributed by atoms with E-state index in [1.165, 1.54) is 13.3 Å². The van der Waals surface area contributed by atoms with Crippen LogP contribution in [0.4, 0.5) is 4.79 Å². The second-order valence-electron chi connectivity index (χ2n) is 9.95. The number of fused-ring (bicyclic) bond motifs is 1. The Morgan fingerprint density at radius 3 is 2.63 bits per heavy atom. The third-order valence-electron chi connectivity index (χ3n) is 6.83. The molecule has 3 N–H and O–H groups in total. The number of hydrogen-bond acceptors (Lipinski definition) is 10. The Balaban J connectivity index is 1.14. The first-order chi connectivity index (χ1) is 22.2. The lowest BCUT2D eigenvalue weighted by Crippen LogP contribution is -2.45. The van der Waals surface area contributed by atoms with E-state index in [-0.39, 0.29) is 31.3 Å². The third kappa shape index (κ3) is 7.80. The Labute approximate surface area is 278 Å². The number of carbonyl (C=O) groups excluding carboxylic acids is 3. The van der Waals surface area contributed by atoms with Gasteiger partial charge in [-0.1, -0.05) is 12.1 Å². The molecule has 1 atom stereocenters. The summed E-state index contributed by atoms with van der Waals surface area (Å²) in [5.41, 5.74) is 5.38. The minimum atomic E-state index is -0.771. The molecule has 0 saturated carbocycles. The fraction of sp³-hybridized carbons (Fsp3) is 0.250. The van der Waals surface area contributed by atoms with Crippen molar-refractivity contribution in [3.05, 3.63) is 86.1 Å². The van der Waals surface area contributed by atoms with Crippen molar-refractivity contribution in [2.75, 3.05) is 27.1 Å². The number of allylic oxidation sites excluding steroid dienone is 1. The first-order valence-electron chi connectivity index (χ1n) is 14.1. The van der Waals surface area contributed by atoms with Gasteiger partial charge in [-0.2, -0.15) is 5.10 Å². The maximum Gasteiger partial charge on any atom is 0.338 e. The van der Waals surface area contributed by atoms with Crippen LogP contribution < -0.4 is 39.7 Å². The predicted molar refractivity (Wildman–Crippen MR) is 174 cm³/mol. The highest BCUT2D eigenvalue weighted by Gasteiger charge is 2.32. The summed E-state index contributed by atoms with van der Waals surface area (Å²) in [7, 11) is 1.44. The molecule has 240 valence electrons. The van der Waals surface area contributed by atoms with Gasteiger partial charge in [-0.15, -0.1) is 0 Å². The summed E-state index contributed by atoms with van der Waals surface area (Å²) in [5, 5.41) is 9.35. The van der Waals surface area contributed by atoms with E-state index >= 15 is 0 Å². The fourth-order valence-corrected chi connectivity index (χ4v) is 5.36. The maximum atomic E-state index is 12.6. The van der Waals surface area contributed by atoms with Crippen LogP contribution in [-0.2, 0) is 20.9 Å².